The molecule has 5 heteroatoms. The fraction of sp³-hybridized carbons (Fsp3) is 0.500. The van der Waals surface area contributed by atoms with Gasteiger partial charge in [0.25, 0.3) is 5.91 Å². The first kappa shape index (κ1) is 14.3. The van der Waals surface area contributed by atoms with Crippen LogP contribution in [0.3, 0.4) is 0 Å². The number of benzene rings is 1. The van der Waals surface area contributed by atoms with Crippen molar-refractivity contribution in [3.63, 3.8) is 0 Å². The standard InChI is InChI=1S/C14H17ClFNO2/c1-9(18)10-5-7-17(8-6-10)14(19)11-3-2-4-12(15)13(11)16/h2-4,9-10,18H,5-8H2,1H3. The normalized spacial score (nSPS) is 18.4. The second kappa shape index (κ2) is 5.88. The Morgan fingerprint density at radius 2 is 2.11 bits per heavy atom. The van der Waals surface area contributed by atoms with Crippen molar-refractivity contribution in [1.82, 2.24) is 4.90 Å². The van der Waals surface area contributed by atoms with Crippen LogP contribution in [-0.2, 0) is 0 Å². The Morgan fingerprint density at radius 3 is 2.68 bits per heavy atom. The van der Waals surface area contributed by atoms with E-state index in [0.29, 0.717) is 13.1 Å². The largest absolute Gasteiger partial charge is 0.393 e. The molecular formula is C14H17ClFNO2. The average molecular weight is 286 g/mol. The van der Waals surface area contributed by atoms with Gasteiger partial charge in [0.1, 0.15) is 0 Å². The minimum absolute atomic E-state index is 0.0167. The maximum atomic E-state index is 13.8. The molecule has 1 aromatic rings. The van der Waals surface area contributed by atoms with E-state index in [1.54, 1.807) is 17.9 Å². The van der Waals surface area contributed by atoms with Crippen LogP contribution in [0.4, 0.5) is 4.39 Å². The summed E-state index contributed by atoms with van der Waals surface area (Å²) in [6, 6.07) is 4.44. The highest BCUT2D eigenvalue weighted by Gasteiger charge is 2.27. The molecule has 0 aliphatic carbocycles. The van der Waals surface area contributed by atoms with Crippen molar-refractivity contribution in [1.29, 1.82) is 0 Å². The summed E-state index contributed by atoms with van der Waals surface area (Å²) in [6.45, 7) is 2.85. The average Bonchev–Trinajstić information content (AvgIpc) is 2.41. The fourth-order valence-corrected chi connectivity index (χ4v) is 2.60. The second-order valence-electron chi connectivity index (χ2n) is 4.97. The molecule has 104 valence electrons. The second-order valence-corrected chi connectivity index (χ2v) is 5.38. The molecule has 0 spiro atoms. The topological polar surface area (TPSA) is 40.5 Å². The third kappa shape index (κ3) is 3.07. The van der Waals surface area contributed by atoms with Gasteiger partial charge in [0.15, 0.2) is 5.82 Å². The van der Waals surface area contributed by atoms with Gasteiger partial charge in [0.05, 0.1) is 16.7 Å². The van der Waals surface area contributed by atoms with E-state index in [-0.39, 0.29) is 28.5 Å². The fourth-order valence-electron chi connectivity index (χ4n) is 2.42. The lowest BCUT2D eigenvalue weighted by atomic mass is 9.92. The van der Waals surface area contributed by atoms with Crippen LogP contribution in [0, 0.1) is 11.7 Å². The van der Waals surface area contributed by atoms with E-state index in [0.717, 1.165) is 12.8 Å². The van der Waals surface area contributed by atoms with Gasteiger partial charge < -0.3 is 10.0 Å². The highest BCUT2D eigenvalue weighted by Crippen LogP contribution is 2.24. The summed E-state index contributed by atoms with van der Waals surface area (Å²) in [5, 5.41) is 9.48. The molecule has 0 bridgehead atoms. The molecular weight excluding hydrogens is 269 g/mol. The Balaban J connectivity index is 2.07. The summed E-state index contributed by atoms with van der Waals surface area (Å²) in [6.07, 6.45) is 1.12. The van der Waals surface area contributed by atoms with Crippen LogP contribution in [0.25, 0.3) is 0 Å². The lowest BCUT2D eigenvalue weighted by molar-refractivity contribution is 0.0518. The summed E-state index contributed by atoms with van der Waals surface area (Å²) in [5.74, 6) is -0.774. The van der Waals surface area contributed by atoms with Gasteiger partial charge in [0.2, 0.25) is 0 Å². The van der Waals surface area contributed by atoms with Crippen LogP contribution in [0.1, 0.15) is 30.1 Å². The zero-order valence-electron chi connectivity index (χ0n) is 10.8. The molecule has 1 heterocycles. The van der Waals surface area contributed by atoms with E-state index in [2.05, 4.69) is 0 Å². The van der Waals surface area contributed by atoms with E-state index < -0.39 is 5.82 Å². The quantitative estimate of drug-likeness (QED) is 0.908. The number of aliphatic hydroxyl groups is 1. The number of likely N-dealkylation sites (tertiary alicyclic amines) is 1. The maximum absolute atomic E-state index is 13.8. The molecule has 0 saturated carbocycles. The van der Waals surface area contributed by atoms with Gasteiger partial charge in [-0.25, -0.2) is 4.39 Å². The van der Waals surface area contributed by atoms with E-state index in [9.17, 15) is 14.3 Å². The van der Waals surface area contributed by atoms with Gasteiger partial charge in [-0.05, 0) is 37.8 Å². The van der Waals surface area contributed by atoms with Gasteiger partial charge in [0, 0.05) is 13.1 Å². The molecule has 19 heavy (non-hydrogen) atoms. The van der Waals surface area contributed by atoms with E-state index >= 15 is 0 Å². The van der Waals surface area contributed by atoms with E-state index in [1.807, 2.05) is 0 Å². The molecule has 0 radical (unpaired) electrons. The SMILES string of the molecule is CC(O)C1CCN(C(=O)c2cccc(Cl)c2F)CC1. The zero-order chi connectivity index (χ0) is 14.0. The molecule has 1 aromatic carbocycles. The van der Waals surface area contributed by atoms with Gasteiger partial charge in [-0.1, -0.05) is 17.7 Å². The van der Waals surface area contributed by atoms with Crippen molar-refractivity contribution in [2.75, 3.05) is 13.1 Å². The van der Waals surface area contributed by atoms with Crippen molar-refractivity contribution in [2.45, 2.75) is 25.9 Å². The van der Waals surface area contributed by atoms with Crippen LogP contribution in [0.5, 0.6) is 0 Å². The monoisotopic (exact) mass is 285 g/mol. The number of halogens is 2. The van der Waals surface area contributed by atoms with Crippen LogP contribution in [-0.4, -0.2) is 35.1 Å². The maximum Gasteiger partial charge on any atom is 0.256 e. The van der Waals surface area contributed by atoms with Crippen LogP contribution >= 0.6 is 11.6 Å². The number of nitrogens with zero attached hydrogens (tertiary/aromatic N) is 1. The summed E-state index contributed by atoms with van der Waals surface area (Å²) in [7, 11) is 0. The molecule has 1 N–H and O–H groups in total. The zero-order valence-corrected chi connectivity index (χ0v) is 11.5. The molecule has 1 aliphatic rings. The molecule has 1 fully saturated rings. The van der Waals surface area contributed by atoms with Crippen LogP contribution in [0.2, 0.25) is 5.02 Å². The minimum Gasteiger partial charge on any atom is -0.393 e. The Bertz CT molecular complexity index is 471. The Labute approximate surface area is 117 Å². The number of piperidine rings is 1. The number of hydrogen-bond donors (Lipinski definition) is 1. The highest BCUT2D eigenvalue weighted by molar-refractivity contribution is 6.31. The third-order valence-electron chi connectivity index (χ3n) is 3.69. The Morgan fingerprint density at radius 1 is 1.47 bits per heavy atom. The number of amides is 1. The van der Waals surface area contributed by atoms with Gasteiger partial charge in [-0.2, -0.15) is 0 Å². The van der Waals surface area contributed by atoms with Crippen molar-refractivity contribution >= 4 is 17.5 Å². The van der Waals surface area contributed by atoms with Crippen molar-refractivity contribution < 1.29 is 14.3 Å². The lowest BCUT2D eigenvalue weighted by Crippen LogP contribution is -2.41. The van der Waals surface area contributed by atoms with Crippen LogP contribution < -0.4 is 0 Å². The summed E-state index contributed by atoms with van der Waals surface area (Å²) in [5.41, 5.74) is 0.0167. The van der Waals surface area contributed by atoms with Crippen LogP contribution in [0.15, 0.2) is 18.2 Å². The molecule has 1 aliphatic heterocycles. The van der Waals surface area contributed by atoms with Crippen molar-refractivity contribution in [3.05, 3.63) is 34.6 Å². The lowest BCUT2D eigenvalue weighted by Gasteiger charge is -2.33. The van der Waals surface area contributed by atoms with E-state index in [4.69, 9.17) is 11.6 Å². The Hall–Kier alpha value is -1.13. The van der Waals surface area contributed by atoms with Gasteiger partial charge >= 0.3 is 0 Å². The number of carbonyl (C=O) groups excluding carboxylic acids is 1. The number of carbonyl (C=O) groups is 1. The summed E-state index contributed by atoms with van der Waals surface area (Å²) in [4.78, 5) is 13.8. The first-order chi connectivity index (χ1) is 9.00. The first-order valence-corrected chi connectivity index (χ1v) is 6.80. The van der Waals surface area contributed by atoms with E-state index in [1.165, 1.54) is 12.1 Å². The number of rotatable bonds is 2. The third-order valence-corrected chi connectivity index (χ3v) is 3.98. The predicted molar refractivity (Wildman–Crippen MR) is 71.7 cm³/mol. The Kier molecular flexibility index (Phi) is 4.42. The predicted octanol–water partition coefficient (Wildman–Crippen LogP) is 2.71. The molecule has 1 atom stereocenters. The number of hydrogen-bond acceptors (Lipinski definition) is 2. The molecule has 0 aromatic heterocycles. The highest BCUT2D eigenvalue weighted by atomic mass is 35.5. The first-order valence-electron chi connectivity index (χ1n) is 6.42. The molecule has 3 nitrogen and oxygen atoms in total. The summed E-state index contributed by atoms with van der Waals surface area (Å²) >= 11 is 5.68. The summed E-state index contributed by atoms with van der Waals surface area (Å²) < 4.78 is 13.8. The van der Waals surface area contributed by atoms with Gasteiger partial charge in [-0.3, -0.25) is 4.79 Å². The van der Waals surface area contributed by atoms with Gasteiger partial charge in [-0.15, -0.1) is 0 Å². The minimum atomic E-state index is -0.660. The molecule has 1 amide bonds. The molecule has 2 rings (SSSR count). The number of aliphatic hydroxyl groups excluding tert-OH is 1. The molecule has 1 saturated heterocycles. The molecule has 1 unspecified atom stereocenters. The smallest absolute Gasteiger partial charge is 0.256 e. The van der Waals surface area contributed by atoms with Crippen molar-refractivity contribution in [3.8, 4) is 0 Å². The van der Waals surface area contributed by atoms with Crippen molar-refractivity contribution in [2.24, 2.45) is 5.92 Å².